The van der Waals surface area contributed by atoms with Crippen molar-refractivity contribution < 1.29 is 9.52 Å². The predicted molar refractivity (Wildman–Crippen MR) is 83.1 cm³/mol. The summed E-state index contributed by atoms with van der Waals surface area (Å²) >= 11 is 0. The first-order valence-electron chi connectivity index (χ1n) is 6.60. The highest BCUT2D eigenvalue weighted by atomic mass is 16.4. The van der Waals surface area contributed by atoms with Crippen molar-refractivity contribution in [3.05, 3.63) is 57.1 Å². The van der Waals surface area contributed by atoms with Crippen LogP contribution in [0.3, 0.4) is 0 Å². The molecule has 0 atom stereocenters. The first kappa shape index (κ1) is 14.8. The number of aromatic hydroxyl groups is 1. The molecule has 1 aromatic heterocycles. The Kier molecular flexibility index (Phi) is 4.12. The number of hydrogen-bond acceptors (Lipinski definition) is 5. The van der Waals surface area contributed by atoms with Crippen LogP contribution < -0.4 is 11.1 Å². The molecule has 110 valence electrons. The van der Waals surface area contributed by atoms with Crippen LogP contribution in [-0.2, 0) is 0 Å². The van der Waals surface area contributed by atoms with Gasteiger partial charge < -0.3 is 9.52 Å². The van der Waals surface area contributed by atoms with Gasteiger partial charge in [-0.05, 0) is 51.0 Å². The third kappa shape index (κ3) is 3.31. The minimum atomic E-state index is -0.601. The number of nitrogens with one attached hydrogen (secondary N) is 1. The predicted octanol–water partition coefficient (Wildman–Crippen LogP) is 3.11. The smallest absolute Gasteiger partial charge is 0.348 e. The van der Waals surface area contributed by atoms with Crippen LogP contribution in [0.15, 0.2) is 38.6 Å². The van der Waals surface area contributed by atoms with E-state index in [1.165, 1.54) is 11.6 Å². The molecule has 1 heterocycles. The lowest BCUT2D eigenvalue weighted by molar-refractivity contribution is 0.432. The molecule has 0 aliphatic heterocycles. The van der Waals surface area contributed by atoms with Crippen LogP contribution in [0.1, 0.15) is 29.4 Å². The van der Waals surface area contributed by atoms with Gasteiger partial charge >= 0.3 is 5.63 Å². The van der Waals surface area contributed by atoms with Crippen molar-refractivity contribution in [2.45, 2.75) is 27.7 Å². The summed E-state index contributed by atoms with van der Waals surface area (Å²) in [5.41, 5.74) is 5.85. The van der Waals surface area contributed by atoms with E-state index in [1.807, 2.05) is 32.0 Å². The number of nitrogens with zero attached hydrogens (tertiary/aromatic N) is 1. The largest absolute Gasteiger partial charge is 0.507 e. The lowest BCUT2D eigenvalue weighted by atomic mass is 10.1. The second-order valence-corrected chi connectivity index (χ2v) is 5.01. The van der Waals surface area contributed by atoms with Gasteiger partial charge in [0.2, 0.25) is 0 Å². The Morgan fingerprint density at radius 3 is 2.52 bits per heavy atom. The fourth-order valence-corrected chi connectivity index (χ4v) is 1.94. The van der Waals surface area contributed by atoms with Gasteiger partial charge in [-0.15, -0.1) is 0 Å². The second kappa shape index (κ2) is 5.83. The normalized spacial score (nSPS) is 11.5. The first-order valence-corrected chi connectivity index (χ1v) is 6.60. The molecule has 21 heavy (non-hydrogen) atoms. The van der Waals surface area contributed by atoms with E-state index in [0.29, 0.717) is 11.5 Å². The first-order chi connectivity index (χ1) is 9.88. The van der Waals surface area contributed by atoms with Crippen LogP contribution in [0.5, 0.6) is 5.75 Å². The lowest BCUT2D eigenvalue weighted by Gasteiger charge is -2.07. The zero-order chi connectivity index (χ0) is 15.6. The molecule has 0 saturated carbocycles. The molecule has 0 amide bonds. The fourth-order valence-electron chi connectivity index (χ4n) is 1.94. The van der Waals surface area contributed by atoms with Gasteiger partial charge in [-0.3, -0.25) is 5.43 Å². The Morgan fingerprint density at radius 1 is 1.19 bits per heavy atom. The Hall–Kier alpha value is -2.56. The molecular weight excluding hydrogens is 268 g/mol. The molecule has 0 aliphatic rings. The molecule has 5 nitrogen and oxygen atoms in total. The number of hydrogen-bond donors (Lipinski definition) is 2. The summed E-state index contributed by atoms with van der Waals surface area (Å²) in [4.78, 5) is 11.8. The molecule has 0 aliphatic carbocycles. The van der Waals surface area contributed by atoms with Gasteiger partial charge in [-0.25, -0.2) is 4.79 Å². The molecule has 5 heteroatoms. The highest BCUT2D eigenvalue weighted by Crippen LogP contribution is 2.17. The summed E-state index contributed by atoms with van der Waals surface area (Å²) in [7, 11) is 0. The van der Waals surface area contributed by atoms with Gasteiger partial charge in [0.25, 0.3) is 0 Å². The number of anilines is 1. The van der Waals surface area contributed by atoms with Crippen LogP contribution in [0.25, 0.3) is 0 Å². The Balaban J connectivity index is 2.30. The summed E-state index contributed by atoms with van der Waals surface area (Å²) in [5, 5.41) is 14.0. The van der Waals surface area contributed by atoms with E-state index in [4.69, 9.17) is 4.42 Å². The van der Waals surface area contributed by atoms with E-state index in [9.17, 15) is 9.90 Å². The fraction of sp³-hybridized carbons (Fsp3) is 0.250. The summed E-state index contributed by atoms with van der Waals surface area (Å²) < 4.78 is 4.97. The zero-order valence-corrected chi connectivity index (χ0v) is 12.5. The number of rotatable bonds is 3. The van der Waals surface area contributed by atoms with E-state index in [2.05, 4.69) is 10.5 Å². The van der Waals surface area contributed by atoms with Crippen molar-refractivity contribution in [2.24, 2.45) is 5.10 Å². The third-order valence-corrected chi connectivity index (χ3v) is 3.28. The van der Waals surface area contributed by atoms with Crippen molar-refractivity contribution in [2.75, 3.05) is 5.43 Å². The van der Waals surface area contributed by atoms with Crippen LogP contribution in [-0.4, -0.2) is 10.8 Å². The van der Waals surface area contributed by atoms with E-state index < -0.39 is 5.63 Å². The summed E-state index contributed by atoms with van der Waals surface area (Å²) in [5.74, 6) is 0.225. The van der Waals surface area contributed by atoms with Crippen molar-refractivity contribution in [1.29, 1.82) is 0 Å². The second-order valence-electron chi connectivity index (χ2n) is 5.01. The molecule has 0 radical (unpaired) electrons. The molecular formula is C16H18N2O3. The number of hydrazone groups is 1. The molecule has 2 rings (SSSR count). The van der Waals surface area contributed by atoms with Gasteiger partial charge in [-0.2, -0.15) is 5.10 Å². The third-order valence-electron chi connectivity index (χ3n) is 3.28. The van der Waals surface area contributed by atoms with Gasteiger partial charge in [0.05, 0.1) is 11.4 Å². The average molecular weight is 286 g/mol. The van der Waals surface area contributed by atoms with E-state index in [0.717, 1.165) is 11.3 Å². The summed E-state index contributed by atoms with van der Waals surface area (Å²) in [6.45, 7) is 7.28. The van der Waals surface area contributed by atoms with E-state index >= 15 is 0 Å². The quantitative estimate of drug-likeness (QED) is 0.671. The van der Waals surface area contributed by atoms with Gasteiger partial charge in [-0.1, -0.05) is 6.07 Å². The van der Waals surface area contributed by atoms with Gasteiger partial charge in [0, 0.05) is 6.07 Å². The van der Waals surface area contributed by atoms with Gasteiger partial charge in [0.1, 0.15) is 17.1 Å². The molecule has 1 aromatic carbocycles. The monoisotopic (exact) mass is 286 g/mol. The maximum Gasteiger partial charge on any atom is 0.348 e. The average Bonchev–Trinajstić information content (AvgIpc) is 2.39. The standard InChI is InChI=1S/C16H18N2O3/c1-9-5-6-13(7-10(9)2)18-17-12(4)15-14(19)8-11(3)21-16(15)20/h5-8,18-19H,1-4H3/b17-12+. The molecule has 0 fully saturated rings. The Bertz CT molecular complexity index is 761. The molecule has 2 aromatic rings. The van der Waals surface area contributed by atoms with Crippen LogP contribution in [0, 0.1) is 20.8 Å². The zero-order valence-electron chi connectivity index (χ0n) is 12.5. The minimum absolute atomic E-state index is 0.0666. The van der Waals surface area contributed by atoms with Crippen molar-refractivity contribution in [3.8, 4) is 5.75 Å². The molecule has 0 unspecified atom stereocenters. The minimum Gasteiger partial charge on any atom is -0.507 e. The Morgan fingerprint density at radius 2 is 1.90 bits per heavy atom. The van der Waals surface area contributed by atoms with Crippen molar-refractivity contribution >= 4 is 11.4 Å². The maximum atomic E-state index is 11.8. The van der Waals surface area contributed by atoms with Crippen LogP contribution in [0.2, 0.25) is 0 Å². The highest BCUT2D eigenvalue weighted by molar-refractivity contribution is 6.00. The number of benzene rings is 1. The summed E-state index contributed by atoms with van der Waals surface area (Å²) in [6, 6.07) is 7.24. The van der Waals surface area contributed by atoms with Gasteiger partial charge in [0.15, 0.2) is 0 Å². The highest BCUT2D eigenvalue weighted by Gasteiger charge is 2.12. The van der Waals surface area contributed by atoms with Crippen LogP contribution in [0.4, 0.5) is 5.69 Å². The van der Waals surface area contributed by atoms with Crippen LogP contribution >= 0.6 is 0 Å². The molecule has 0 saturated heterocycles. The van der Waals surface area contributed by atoms with E-state index in [1.54, 1.807) is 13.8 Å². The number of aryl methyl sites for hydroxylation is 3. The van der Waals surface area contributed by atoms with Crippen molar-refractivity contribution in [3.63, 3.8) is 0 Å². The SMILES string of the molecule is C/C(=N\Nc1ccc(C)c(C)c1)c1c(O)cc(C)oc1=O. The molecule has 0 bridgehead atoms. The molecule has 2 N–H and O–H groups in total. The Labute approximate surface area is 122 Å². The lowest BCUT2D eigenvalue weighted by Crippen LogP contribution is -2.14. The topological polar surface area (TPSA) is 74.8 Å². The van der Waals surface area contributed by atoms with E-state index in [-0.39, 0.29) is 11.3 Å². The summed E-state index contributed by atoms with van der Waals surface area (Å²) in [6.07, 6.45) is 0. The van der Waals surface area contributed by atoms with Crippen molar-refractivity contribution in [1.82, 2.24) is 0 Å². The molecule has 0 spiro atoms. The maximum absolute atomic E-state index is 11.8.